The number of allylic oxidation sites excluding steroid dienone is 1. The molecule has 14 heteroatoms. The number of pyridine rings is 1. The van der Waals surface area contributed by atoms with E-state index in [4.69, 9.17) is 0 Å². The number of aromatic nitrogens is 1. The van der Waals surface area contributed by atoms with Crippen molar-refractivity contribution < 1.29 is 19.8 Å². The van der Waals surface area contributed by atoms with Crippen molar-refractivity contribution in [3.8, 4) is 0 Å². The fraction of sp³-hybridized carbons (Fsp3) is 0.133. The second kappa shape index (κ2) is 10.0. The zero-order valence-electron chi connectivity index (χ0n) is 14.9. The van der Waals surface area contributed by atoms with Gasteiger partial charge in [0.05, 0.1) is 34.0 Å². The summed E-state index contributed by atoms with van der Waals surface area (Å²) >= 11 is 0. The Hall–Kier alpha value is -4.49. The molecule has 0 aliphatic rings. The van der Waals surface area contributed by atoms with Crippen LogP contribution in [-0.2, 0) is 6.42 Å². The Kier molecular flexibility index (Phi) is 7.78. The highest BCUT2D eigenvalue weighted by Gasteiger charge is 2.37. The van der Waals surface area contributed by atoms with E-state index in [0.29, 0.717) is 12.1 Å². The lowest BCUT2D eigenvalue weighted by Crippen LogP contribution is -2.26. The third-order valence-corrected chi connectivity index (χ3v) is 3.31. The third kappa shape index (κ3) is 6.02. The van der Waals surface area contributed by atoms with E-state index in [1.807, 2.05) is 24.3 Å². The predicted octanol–water partition coefficient (Wildman–Crippen LogP) is 2.85. The average molecular weight is 406 g/mol. The van der Waals surface area contributed by atoms with Crippen molar-refractivity contribution in [3.63, 3.8) is 0 Å². The maximum Gasteiger partial charge on any atom is 0.312 e. The van der Waals surface area contributed by atoms with E-state index in [1.165, 1.54) is 0 Å². The van der Waals surface area contributed by atoms with Gasteiger partial charge < -0.3 is 0 Å². The van der Waals surface area contributed by atoms with Gasteiger partial charge in [-0.15, -0.1) is 6.58 Å². The molecule has 152 valence electrons. The molecular formula is C15H14N6O8. The molecule has 0 saturated heterocycles. The molecule has 0 bridgehead atoms. The first-order chi connectivity index (χ1) is 13.6. The molecule has 2 rings (SSSR count). The summed E-state index contributed by atoms with van der Waals surface area (Å²) in [4.78, 5) is 43.5. The molecule has 14 nitrogen and oxygen atoms in total. The summed E-state index contributed by atoms with van der Waals surface area (Å²) in [7, 11) is 0.751. The van der Waals surface area contributed by atoms with Crippen LogP contribution in [0.4, 0.5) is 22.7 Å². The minimum atomic E-state index is -1.17. The molecule has 0 spiro atoms. The molecule has 1 aromatic heterocycles. The van der Waals surface area contributed by atoms with Crippen molar-refractivity contribution >= 4 is 22.7 Å². The molecule has 0 aliphatic heterocycles. The lowest BCUT2D eigenvalue weighted by Gasteiger charge is -2.08. The Morgan fingerprint density at radius 3 is 1.90 bits per heavy atom. The van der Waals surface area contributed by atoms with Crippen molar-refractivity contribution in [2.75, 3.05) is 12.1 Å². The number of nitro benzene ring substituents is 3. The Morgan fingerprint density at radius 1 is 1.00 bits per heavy atom. The fourth-order valence-corrected chi connectivity index (χ4v) is 2.05. The minimum absolute atomic E-state index is 0.0555. The molecule has 0 atom stereocenters. The molecule has 1 aromatic carbocycles. The summed E-state index contributed by atoms with van der Waals surface area (Å²) in [5.74, 6) is 0. The highest BCUT2D eigenvalue weighted by Crippen LogP contribution is 2.40. The lowest BCUT2D eigenvalue weighted by molar-refractivity contribution is -0.493. The van der Waals surface area contributed by atoms with Crippen LogP contribution in [0.15, 0.2) is 49.2 Å². The van der Waals surface area contributed by atoms with Gasteiger partial charge in [0.2, 0.25) is 0 Å². The first kappa shape index (κ1) is 22.6. The van der Waals surface area contributed by atoms with Crippen molar-refractivity contribution in [2.24, 2.45) is 0 Å². The summed E-state index contributed by atoms with van der Waals surface area (Å²) in [6.07, 6.45) is 4.50. The molecule has 1 heterocycles. The molecule has 0 unspecified atom stereocenters. The number of hydrogen-bond donors (Lipinski definition) is 0. The quantitative estimate of drug-likeness (QED) is 0.375. The summed E-state index contributed by atoms with van der Waals surface area (Å²) < 4.78 is 0. The number of hydrazine groups is 1. The SMILES string of the molecule is C=CCc1ccccn1.CN(c1c([N+](=O)[O-])cc([N+](=O)[O-])cc1[N+](=O)[O-])[N+](=O)[O-]. The van der Waals surface area contributed by atoms with E-state index < -0.39 is 42.6 Å². The van der Waals surface area contributed by atoms with Gasteiger partial charge in [-0.05, 0) is 12.1 Å². The average Bonchev–Trinajstić information content (AvgIpc) is 2.67. The van der Waals surface area contributed by atoms with Crippen LogP contribution < -0.4 is 5.01 Å². The largest absolute Gasteiger partial charge is 0.312 e. The van der Waals surface area contributed by atoms with Crippen molar-refractivity contribution in [3.05, 3.63) is 95.3 Å². The second-order valence-electron chi connectivity index (χ2n) is 5.18. The smallest absolute Gasteiger partial charge is 0.261 e. The van der Waals surface area contributed by atoms with Gasteiger partial charge >= 0.3 is 11.4 Å². The number of nitro groups is 4. The zero-order valence-corrected chi connectivity index (χ0v) is 14.9. The Labute approximate surface area is 162 Å². The van der Waals surface area contributed by atoms with Crippen LogP contribution in [0.1, 0.15) is 5.69 Å². The summed E-state index contributed by atoms with van der Waals surface area (Å²) in [6, 6.07) is 6.71. The molecule has 0 radical (unpaired) electrons. The Bertz CT molecular complexity index is 914. The number of hydrogen-bond acceptors (Lipinski definition) is 9. The first-order valence-corrected chi connectivity index (χ1v) is 7.60. The van der Waals surface area contributed by atoms with E-state index in [-0.39, 0.29) is 5.01 Å². The van der Waals surface area contributed by atoms with Crippen LogP contribution in [0.3, 0.4) is 0 Å². The van der Waals surface area contributed by atoms with Gasteiger partial charge in [-0.1, -0.05) is 17.2 Å². The highest BCUT2D eigenvalue weighted by molar-refractivity contribution is 5.76. The van der Waals surface area contributed by atoms with Gasteiger partial charge in [0.15, 0.2) is 5.03 Å². The number of nitrogens with zero attached hydrogens (tertiary/aromatic N) is 6. The van der Waals surface area contributed by atoms with Gasteiger partial charge in [-0.3, -0.25) is 35.3 Å². The van der Waals surface area contributed by atoms with Crippen LogP contribution in [0, 0.1) is 40.5 Å². The molecular weight excluding hydrogens is 392 g/mol. The summed E-state index contributed by atoms with van der Waals surface area (Å²) in [5, 5.41) is 41.7. The van der Waals surface area contributed by atoms with E-state index >= 15 is 0 Å². The van der Waals surface area contributed by atoms with E-state index in [0.717, 1.165) is 19.2 Å². The maximum absolute atomic E-state index is 10.8. The normalized spacial score (nSPS) is 9.55. The lowest BCUT2D eigenvalue weighted by atomic mass is 10.2. The zero-order chi connectivity index (χ0) is 22.1. The molecule has 29 heavy (non-hydrogen) atoms. The predicted molar refractivity (Wildman–Crippen MR) is 99.9 cm³/mol. The van der Waals surface area contributed by atoms with Crippen LogP contribution in [0.2, 0.25) is 0 Å². The van der Waals surface area contributed by atoms with Gasteiger partial charge in [0, 0.05) is 18.3 Å². The molecule has 2 aromatic rings. The second-order valence-corrected chi connectivity index (χ2v) is 5.18. The first-order valence-electron chi connectivity index (χ1n) is 7.60. The maximum atomic E-state index is 10.8. The van der Waals surface area contributed by atoms with Crippen LogP contribution in [-0.4, -0.2) is 31.8 Å². The van der Waals surface area contributed by atoms with Gasteiger partial charge in [0.1, 0.15) is 0 Å². The van der Waals surface area contributed by atoms with Gasteiger partial charge in [-0.2, -0.15) is 0 Å². The van der Waals surface area contributed by atoms with Crippen molar-refractivity contribution in [1.29, 1.82) is 0 Å². The molecule has 0 saturated carbocycles. The highest BCUT2D eigenvalue weighted by atomic mass is 16.7. The molecule has 0 aliphatic carbocycles. The summed E-state index contributed by atoms with van der Waals surface area (Å²) in [5.41, 5.74) is -3.00. The Morgan fingerprint density at radius 2 is 1.55 bits per heavy atom. The van der Waals surface area contributed by atoms with Crippen LogP contribution in [0.5, 0.6) is 0 Å². The van der Waals surface area contributed by atoms with Crippen LogP contribution in [0.25, 0.3) is 0 Å². The van der Waals surface area contributed by atoms with E-state index in [9.17, 15) is 40.5 Å². The number of anilines is 1. The van der Waals surface area contributed by atoms with Crippen molar-refractivity contribution in [1.82, 2.24) is 4.98 Å². The third-order valence-electron chi connectivity index (χ3n) is 3.31. The number of benzene rings is 1. The van der Waals surface area contributed by atoms with Crippen LogP contribution >= 0.6 is 0 Å². The minimum Gasteiger partial charge on any atom is -0.261 e. The van der Waals surface area contributed by atoms with Gasteiger partial charge in [0.25, 0.3) is 11.4 Å². The van der Waals surface area contributed by atoms with E-state index in [1.54, 1.807) is 6.20 Å². The molecule has 0 amide bonds. The molecule has 0 fully saturated rings. The monoisotopic (exact) mass is 406 g/mol. The Balaban J connectivity index is 0.000000387. The standard InChI is InChI=1S/C8H9N.C7H5N5O8/c1-2-5-8-6-3-4-7-9-8;1-8(12(19)20)7-5(10(15)16)2-4(9(13)14)3-6(7)11(17)18/h2-4,6-7H,1,5H2;2-3H,1H3. The van der Waals surface area contributed by atoms with Crippen molar-refractivity contribution in [2.45, 2.75) is 6.42 Å². The topological polar surface area (TPSA) is 189 Å². The number of non-ortho nitro benzene ring substituents is 1. The van der Waals surface area contributed by atoms with Gasteiger partial charge in [-0.25, -0.2) is 10.1 Å². The van der Waals surface area contributed by atoms with E-state index in [2.05, 4.69) is 11.6 Å². The summed E-state index contributed by atoms with van der Waals surface area (Å²) in [6.45, 7) is 3.62. The number of rotatable bonds is 7. The molecule has 0 N–H and O–H groups in total. The fourth-order valence-electron chi connectivity index (χ4n) is 2.05.